The molecule has 3 rings (SSSR count). The van der Waals surface area contributed by atoms with E-state index in [4.69, 9.17) is 4.74 Å². The molecule has 0 amide bonds. The Balaban J connectivity index is 1.79. The van der Waals surface area contributed by atoms with Crippen molar-refractivity contribution in [2.24, 2.45) is 5.92 Å². The Kier molecular flexibility index (Phi) is 5.98. The van der Waals surface area contributed by atoms with Crippen LogP contribution in [0.3, 0.4) is 0 Å². The molecule has 28 heavy (non-hydrogen) atoms. The summed E-state index contributed by atoms with van der Waals surface area (Å²) in [5.74, 6) is -0.979. The van der Waals surface area contributed by atoms with Crippen molar-refractivity contribution in [1.82, 2.24) is 0 Å². The van der Waals surface area contributed by atoms with Crippen LogP contribution in [-0.4, -0.2) is 31.7 Å². The lowest BCUT2D eigenvalue weighted by atomic mass is 9.98. The van der Waals surface area contributed by atoms with Gasteiger partial charge < -0.3 is 4.74 Å². The van der Waals surface area contributed by atoms with Crippen molar-refractivity contribution in [3.63, 3.8) is 0 Å². The van der Waals surface area contributed by atoms with E-state index < -0.39 is 21.9 Å². The van der Waals surface area contributed by atoms with E-state index in [-0.39, 0.29) is 29.6 Å². The van der Waals surface area contributed by atoms with Crippen LogP contribution in [0.5, 0.6) is 0 Å². The van der Waals surface area contributed by atoms with E-state index in [1.165, 1.54) is 0 Å². The Morgan fingerprint density at radius 3 is 2.11 bits per heavy atom. The quantitative estimate of drug-likeness (QED) is 0.547. The van der Waals surface area contributed by atoms with Crippen LogP contribution in [0.4, 0.5) is 0 Å². The van der Waals surface area contributed by atoms with Crippen LogP contribution in [0.25, 0.3) is 0 Å². The minimum absolute atomic E-state index is 0.00275. The van der Waals surface area contributed by atoms with E-state index in [0.29, 0.717) is 17.5 Å². The molecular formula is C22H24O5S. The van der Waals surface area contributed by atoms with Gasteiger partial charge in [-0.2, -0.15) is 0 Å². The number of carbonyl (C=O) groups excluding carboxylic acids is 2. The van der Waals surface area contributed by atoms with Gasteiger partial charge in [-0.25, -0.2) is 8.42 Å². The van der Waals surface area contributed by atoms with Gasteiger partial charge in [0.05, 0.1) is 11.5 Å². The molecule has 0 unspecified atom stereocenters. The first-order valence-electron chi connectivity index (χ1n) is 9.31. The van der Waals surface area contributed by atoms with Crippen molar-refractivity contribution in [2.75, 3.05) is 11.5 Å². The number of ether oxygens (including phenoxy) is 1. The first-order valence-corrected chi connectivity index (χ1v) is 11.1. The van der Waals surface area contributed by atoms with Gasteiger partial charge in [0.2, 0.25) is 5.78 Å². The molecule has 148 valence electrons. The van der Waals surface area contributed by atoms with Gasteiger partial charge in [-0.05, 0) is 26.2 Å². The van der Waals surface area contributed by atoms with Crippen molar-refractivity contribution >= 4 is 21.6 Å². The number of aryl methyl sites for hydroxylation is 2. The van der Waals surface area contributed by atoms with Gasteiger partial charge in [-0.15, -0.1) is 0 Å². The van der Waals surface area contributed by atoms with E-state index in [1.54, 1.807) is 24.3 Å². The number of hydrogen-bond acceptors (Lipinski definition) is 5. The monoisotopic (exact) mass is 400 g/mol. The molecule has 5 nitrogen and oxygen atoms in total. The van der Waals surface area contributed by atoms with E-state index in [1.807, 2.05) is 38.1 Å². The normalized spacial score (nSPS) is 19.1. The first kappa shape index (κ1) is 20.3. The second-order valence-corrected chi connectivity index (χ2v) is 9.71. The average Bonchev–Trinajstić information content (AvgIpc) is 2.99. The molecule has 2 aromatic rings. The topological polar surface area (TPSA) is 77.5 Å². The lowest BCUT2D eigenvalue weighted by Crippen LogP contribution is -2.22. The van der Waals surface area contributed by atoms with Crippen LogP contribution in [0.1, 0.15) is 46.0 Å². The van der Waals surface area contributed by atoms with Gasteiger partial charge in [0.15, 0.2) is 15.9 Å². The molecule has 0 saturated carbocycles. The molecule has 0 aromatic heterocycles. The maximum Gasteiger partial charge on any atom is 0.307 e. The third kappa shape index (κ3) is 5.07. The zero-order chi connectivity index (χ0) is 20.3. The van der Waals surface area contributed by atoms with Crippen molar-refractivity contribution in [2.45, 2.75) is 32.8 Å². The molecule has 0 spiro atoms. The number of rotatable bonds is 6. The lowest BCUT2D eigenvalue weighted by Gasteiger charge is -2.19. The summed E-state index contributed by atoms with van der Waals surface area (Å²) in [5, 5.41) is 0. The van der Waals surface area contributed by atoms with Crippen LogP contribution in [-0.2, 0) is 19.4 Å². The first-order chi connectivity index (χ1) is 13.2. The molecule has 0 radical (unpaired) electrons. The van der Waals surface area contributed by atoms with Crippen molar-refractivity contribution < 1.29 is 22.7 Å². The molecule has 1 fully saturated rings. The third-order valence-electron chi connectivity index (χ3n) is 4.99. The molecule has 1 aliphatic rings. The zero-order valence-corrected chi connectivity index (χ0v) is 16.9. The van der Waals surface area contributed by atoms with E-state index in [2.05, 4.69) is 0 Å². The van der Waals surface area contributed by atoms with Crippen LogP contribution in [0, 0.1) is 19.8 Å². The van der Waals surface area contributed by atoms with Gasteiger partial charge in [0.1, 0.15) is 0 Å². The van der Waals surface area contributed by atoms with Crippen molar-refractivity contribution in [1.29, 1.82) is 0 Å². The number of benzene rings is 2. The predicted octanol–water partition coefficient (Wildman–Crippen LogP) is 3.60. The summed E-state index contributed by atoms with van der Waals surface area (Å²) >= 11 is 0. The summed E-state index contributed by atoms with van der Waals surface area (Å²) < 4.78 is 28.8. The van der Waals surface area contributed by atoms with Gasteiger partial charge >= 0.3 is 5.97 Å². The fourth-order valence-electron chi connectivity index (χ4n) is 3.33. The highest BCUT2D eigenvalue weighted by Crippen LogP contribution is 2.27. The number of hydrogen-bond donors (Lipinski definition) is 0. The van der Waals surface area contributed by atoms with Gasteiger partial charge in [-0.3, -0.25) is 9.59 Å². The molecule has 2 atom stereocenters. The highest BCUT2D eigenvalue weighted by Gasteiger charge is 2.32. The fourth-order valence-corrected chi connectivity index (χ4v) is 5.19. The second kappa shape index (κ2) is 8.27. The van der Waals surface area contributed by atoms with Gasteiger partial charge in [0.25, 0.3) is 0 Å². The Bertz CT molecular complexity index is 959. The summed E-state index contributed by atoms with van der Waals surface area (Å²) in [4.78, 5) is 25.5. The number of carbonyl (C=O) groups is 2. The summed E-state index contributed by atoms with van der Waals surface area (Å²) in [7, 11) is -3.06. The minimum Gasteiger partial charge on any atom is -0.449 e. The summed E-state index contributed by atoms with van der Waals surface area (Å²) in [6, 6.07) is 14.4. The molecule has 1 aliphatic heterocycles. The zero-order valence-electron chi connectivity index (χ0n) is 16.1. The maximum atomic E-state index is 13.0. The molecule has 6 heteroatoms. The Labute approximate surface area is 165 Å². The number of ketones is 1. The van der Waals surface area contributed by atoms with Crippen LogP contribution in [0.15, 0.2) is 48.5 Å². The largest absolute Gasteiger partial charge is 0.449 e. The number of sulfone groups is 1. The fraction of sp³-hybridized carbons (Fsp3) is 0.364. The van der Waals surface area contributed by atoms with Gasteiger partial charge in [-0.1, -0.05) is 59.7 Å². The molecular weight excluding hydrogens is 376 g/mol. The highest BCUT2D eigenvalue weighted by atomic mass is 32.2. The molecule has 0 bridgehead atoms. The Morgan fingerprint density at radius 2 is 1.57 bits per heavy atom. The Hall–Kier alpha value is -2.47. The average molecular weight is 400 g/mol. The van der Waals surface area contributed by atoms with E-state index in [9.17, 15) is 18.0 Å². The molecule has 1 heterocycles. The van der Waals surface area contributed by atoms with Crippen molar-refractivity contribution in [3.8, 4) is 0 Å². The standard InChI is InChI=1S/C22H24O5S/c1-15-3-7-18(8-4-15)21(24)22(19-9-5-16(2)6-10-19)27-20(23)13-17-11-12-28(25,26)14-17/h3-10,17,22H,11-14H2,1-2H3/t17-,22+/m1/s1. The summed E-state index contributed by atoms with van der Waals surface area (Å²) in [5.41, 5.74) is 3.13. The molecule has 2 aromatic carbocycles. The number of Topliss-reactive ketones (excluding diaryl/α,β-unsaturated/α-hetero) is 1. The van der Waals surface area contributed by atoms with Crippen molar-refractivity contribution in [3.05, 3.63) is 70.8 Å². The van der Waals surface area contributed by atoms with E-state index >= 15 is 0 Å². The smallest absolute Gasteiger partial charge is 0.307 e. The van der Waals surface area contributed by atoms with Crippen LogP contribution in [0.2, 0.25) is 0 Å². The third-order valence-corrected chi connectivity index (χ3v) is 6.82. The summed E-state index contributed by atoms with van der Waals surface area (Å²) in [6.45, 7) is 3.87. The van der Waals surface area contributed by atoms with Gasteiger partial charge in [0, 0.05) is 17.5 Å². The second-order valence-electron chi connectivity index (χ2n) is 7.48. The highest BCUT2D eigenvalue weighted by molar-refractivity contribution is 7.91. The SMILES string of the molecule is Cc1ccc(C(=O)[C@@H](OC(=O)C[C@H]2CCS(=O)(=O)C2)c2ccc(C)cc2)cc1. The maximum absolute atomic E-state index is 13.0. The summed E-state index contributed by atoms with van der Waals surface area (Å²) in [6.07, 6.45) is -0.588. The lowest BCUT2D eigenvalue weighted by molar-refractivity contribution is -0.148. The minimum atomic E-state index is -3.06. The van der Waals surface area contributed by atoms with Crippen LogP contribution < -0.4 is 0 Å². The molecule has 1 saturated heterocycles. The molecule has 0 N–H and O–H groups in total. The number of esters is 1. The molecule has 0 aliphatic carbocycles. The predicted molar refractivity (Wildman–Crippen MR) is 107 cm³/mol. The van der Waals surface area contributed by atoms with Crippen LogP contribution >= 0.6 is 0 Å². The Morgan fingerprint density at radius 1 is 1.00 bits per heavy atom. The van der Waals surface area contributed by atoms with E-state index in [0.717, 1.165) is 11.1 Å².